The number of hydrogen-bond acceptors (Lipinski definition) is 6. The van der Waals surface area contributed by atoms with Crippen molar-refractivity contribution in [2.45, 2.75) is 39.6 Å². The van der Waals surface area contributed by atoms with Crippen molar-refractivity contribution in [1.82, 2.24) is 20.3 Å². The Morgan fingerprint density at radius 2 is 1.43 bits per heavy atom. The van der Waals surface area contributed by atoms with Crippen LogP contribution in [0.3, 0.4) is 0 Å². The minimum absolute atomic E-state index is 0.0836. The van der Waals surface area contributed by atoms with Crippen molar-refractivity contribution in [1.29, 1.82) is 0 Å². The lowest BCUT2D eigenvalue weighted by Gasteiger charge is -2.20. The molecule has 0 unspecified atom stereocenters. The van der Waals surface area contributed by atoms with Gasteiger partial charge in [-0.2, -0.15) is 0 Å². The van der Waals surface area contributed by atoms with Crippen LogP contribution in [0.5, 0.6) is 11.5 Å². The molecule has 4 aromatic carbocycles. The first kappa shape index (κ1) is 28.6. The fraction of sp³-hybridized carbons (Fsp3) is 0.206. The van der Waals surface area contributed by atoms with Crippen LogP contribution < -0.4 is 14.8 Å². The number of nitrogens with one attached hydrogen (secondary N) is 1. The monoisotopic (exact) mass is 562 g/mol. The van der Waals surface area contributed by atoms with Gasteiger partial charge >= 0.3 is 0 Å². The molecule has 2 N–H and O–H groups in total. The van der Waals surface area contributed by atoms with Gasteiger partial charge in [0.1, 0.15) is 36.1 Å². The Hall–Kier alpha value is -4.95. The lowest BCUT2D eigenvalue weighted by atomic mass is 10.00. The maximum atomic E-state index is 12.9. The van der Waals surface area contributed by atoms with Crippen LogP contribution in [0.1, 0.15) is 52.5 Å². The second-order valence-electron chi connectivity index (χ2n) is 10.2. The predicted molar refractivity (Wildman–Crippen MR) is 162 cm³/mol. The number of hydrogen-bond donors (Lipinski definition) is 2. The van der Waals surface area contributed by atoms with E-state index in [0.717, 1.165) is 27.8 Å². The maximum absolute atomic E-state index is 12.9. The molecule has 8 nitrogen and oxygen atoms in total. The molecule has 0 aliphatic carbocycles. The van der Waals surface area contributed by atoms with Gasteiger partial charge in [-0.05, 0) is 34.2 Å². The first-order chi connectivity index (χ1) is 20.5. The first-order valence-electron chi connectivity index (χ1n) is 13.9. The molecule has 0 atom stereocenters. The fourth-order valence-corrected chi connectivity index (χ4v) is 4.64. The van der Waals surface area contributed by atoms with Gasteiger partial charge in [0.05, 0.1) is 6.61 Å². The summed E-state index contributed by atoms with van der Waals surface area (Å²) in [5.41, 5.74) is 5.83. The van der Waals surface area contributed by atoms with Gasteiger partial charge in [-0.15, -0.1) is 5.10 Å². The largest absolute Gasteiger partial charge is 0.488 e. The zero-order valence-electron chi connectivity index (χ0n) is 23.9. The van der Waals surface area contributed by atoms with Gasteiger partial charge in [-0.3, -0.25) is 4.79 Å². The summed E-state index contributed by atoms with van der Waals surface area (Å²) in [4.78, 5) is 12.9. The Kier molecular flexibility index (Phi) is 8.94. The van der Waals surface area contributed by atoms with Gasteiger partial charge in [0.15, 0.2) is 5.69 Å². The van der Waals surface area contributed by atoms with E-state index in [1.807, 2.05) is 97.1 Å². The number of aromatic nitrogens is 3. The molecule has 0 aliphatic heterocycles. The van der Waals surface area contributed by atoms with Crippen molar-refractivity contribution in [3.8, 4) is 28.4 Å². The van der Waals surface area contributed by atoms with Gasteiger partial charge < -0.3 is 19.9 Å². The Morgan fingerprint density at radius 1 is 0.833 bits per heavy atom. The van der Waals surface area contributed by atoms with E-state index in [-0.39, 0.29) is 24.1 Å². The lowest BCUT2D eigenvalue weighted by molar-refractivity contribution is 0.0958. The van der Waals surface area contributed by atoms with Gasteiger partial charge in [0, 0.05) is 18.7 Å². The molecular weight excluding hydrogens is 528 g/mol. The van der Waals surface area contributed by atoms with Crippen LogP contribution in [0.4, 0.5) is 0 Å². The third-order valence-electron chi connectivity index (χ3n) is 6.94. The van der Waals surface area contributed by atoms with E-state index in [1.54, 1.807) is 11.7 Å². The molecule has 1 heterocycles. The highest BCUT2D eigenvalue weighted by atomic mass is 16.5. The summed E-state index contributed by atoms with van der Waals surface area (Å²) < 4.78 is 14.4. The normalized spacial score (nSPS) is 11.0. The molecule has 0 bridgehead atoms. The van der Waals surface area contributed by atoms with Gasteiger partial charge in [0.25, 0.3) is 5.91 Å². The number of aliphatic hydroxyl groups is 1. The molecule has 42 heavy (non-hydrogen) atoms. The van der Waals surface area contributed by atoms with Crippen molar-refractivity contribution in [3.05, 3.63) is 125 Å². The third-order valence-corrected chi connectivity index (χ3v) is 6.94. The molecule has 0 saturated heterocycles. The summed E-state index contributed by atoms with van der Waals surface area (Å²) >= 11 is 0. The summed E-state index contributed by atoms with van der Waals surface area (Å²) in [5.74, 6) is 1.00. The predicted octanol–water partition coefficient (Wildman–Crippen LogP) is 6.07. The summed E-state index contributed by atoms with van der Waals surface area (Å²) in [6.07, 6.45) is 0. The highest BCUT2D eigenvalue weighted by Gasteiger charge is 2.25. The highest BCUT2D eigenvalue weighted by molar-refractivity contribution is 5.98. The number of aliphatic hydroxyl groups excluding tert-OH is 1. The minimum Gasteiger partial charge on any atom is -0.488 e. The average Bonchev–Trinajstić information content (AvgIpc) is 3.48. The third kappa shape index (κ3) is 6.34. The van der Waals surface area contributed by atoms with E-state index in [4.69, 9.17) is 9.47 Å². The van der Waals surface area contributed by atoms with E-state index in [9.17, 15) is 9.90 Å². The summed E-state index contributed by atoms with van der Waals surface area (Å²) in [6.45, 7) is 4.85. The SMILES string of the molecule is CNC(=O)c1nnn(-c2cc(C(C)C)c(OCc3ccccc3)cc2OCc2ccccc2)c1-c1ccc(CO)cc1. The fourth-order valence-electron chi connectivity index (χ4n) is 4.64. The standard InChI is InChI=1S/C34H34N4O4/c1-23(2)28-18-29(38-33(32(36-37-38)34(40)35-3)27-16-14-24(20-39)15-17-27)31(42-22-26-12-8-5-9-13-26)19-30(28)41-21-25-10-6-4-7-11-25/h4-19,23,39H,20-22H2,1-3H3,(H,35,40). The molecule has 0 saturated carbocycles. The number of ether oxygens (including phenoxy) is 2. The van der Waals surface area contributed by atoms with Crippen LogP contribution in [0, 0.1) is 0 Å². The highest BCUT2D eigenvalue weighted by Crippen LogP contribution is 2.38. The number of rotatable bonds is 11. The van der Waals surface area contributed by atoms with E-state index >= 15 is 0 Å². The Balaban J connectivity index is 1.65. The molecule has 0 fully saturated rings. The molecule has 1 amide bonds. The van der Waals surface area contributed by atoms with Crippen LogP contribution in [0.15, 0.2) is 97.1 Å². The summed E-state index contributed by atoms with van der Waals surface area (Å²) in [6, 6.07) is 31.1. The molecule has 5 rings (SSSR count). The zero-order valence-corrected chi connectivity index (χ0v) is 23.9. The number of nitrogens with zero attached hydrogens (tertiary/aromatic N) is 3. The average molecular weight is 563 g/mol. The number of carbonyl (C=O) groups excluding carboxylic acids is 1. The molecule has 0 aliphatic rings. The number of carbonyl (C=O) groups is 1. The molecule has 1 aromatic heterocycles. The van der Waals surface area contributed by atoms with Crippen LogP contribution >= 0.6 is 0 Å². The van der Waals surface area contributed by atoms with Crippen LogP contribution in [-0.4, -0.2) is 33.1 Å². The van der Waals surface area contributed by atoms with Crippen LogP contribution in [0.25, 0.3) is 16.9 Å². The quantitative estimate of drug-likeness (QED) is 0.203. The Labute approximate surface area is 245 Å². The van der Waals surface area contributed by atoms with E-state index in [1.165, 1.54) is 0 Å². The van der Waals surface area contributed by atoms with Crippen molar-refractivity contribution in [3.63, 3.8) is 0 Å². The minimum atomic E-state index is -0.360. The number of amides is 1. The van der Waals surface area contributed by atoms with Gasteiger partial charge in [-0.1, -0.05) is 104 Å². The summed E-state index contributed by atoms with van der Waals surface area (Å²) in [5, 5.41) is 21.0. The number of benzene rings is 4. The van der Waals surface area contributed by atoms with Gasteiger partial charge in [0.2, 0.25) is 0 Å². The zero-order chi connectivity index (χ0) is 29.5. The van der Waals surface area contributed by atoms with E-state index in [0.29, 0.717) is 36.1 Å². The second kappa shape index (κ2) is 13.1. The molecule has 214 valence electrons. The molecule has 5 aromatic rings. The molecule has 0 spiro atoms. The second-order valence-corrected chi connectivity index (χ2v) is 10.2. The van der Waals surface area contributed by atoms with Crippen molar-refractivity contribution >= 4 is 5.91 Å². The van der Waals surface area contributed by atoms with Gasteiger partial charge in [-0.25, -0.2) is 4.68 Å². The smallest absolute Gasteiger partial charge is 0.273 e. The first-order valence-corrected chi connectivity index (χ1v) is 13.9. The van der Waals surface area contributed by atoms with Crippen molar-refractivity contribution < 1.29 is 19.4 Å². The maximum Gasteiger partial charge on any atom is 0.273 e. The van der Waals surface area contributed by atoms with Crippen LogP contribution in [-0.2, 0) is 19.8 Å². The van der Waals surface area contributed by atoms with Crippen molar-refractivity contribution in [2.24, 2.45) is 0 Å². The molecule has 0 radical (unpaired) electrons. The van der Waals surface area contributed by atoms with Crippen molar-refractivity contribution in [2.75, 3.05) is 7.05 Å². The summed E-state index contributed by atoms with van der Waals surface area (Å²) in [7, 11) is 1.56. The topological polar surface area (TPSA) is 98.5 Å². The lowest BCUT2D eigenvalue weighted by Crippen LogP contribution is -2.19. The Bertz CT molecular complexity index is 1630. The molecule has 8 heteroatoms. The molecular formula is C34H34N4O4. The Morgan fingerprint density at radius 3 is 1.98 bits per heavy atom. The van der Waals surface area contributed by atoms with E-state index < -0.39 is 0 Å². The van der Waals surface area contributed by atoms with E-state index in [2.05, 4.69) is 29.5 Å². The van der Waals surface area contributed by atoms with Crippen LogP contribution in [0.2, 0.25) is 0 Å².